The number of nitrogen functional groups attached to an aromatic ring is 2. The smallest absolute Gasteiger partial charge is 0.253 e. The van der Waals surface area contributed by atoms with E-state index in [2.05, 4.69) is 9.97 Å². The van der Waals surface area contributed by atoms with E-state index in [0.717, 1.165) is 5.56 Å². The van der Waals surface area contributed by atoms with Crippen LogP contribution in [-0.4, -0.2) is 15.9 Å². The summed E-state index contributed by atoms with van der Waals surface area (Å²) >= 11 is 1.29. The largest absolute Gasteiger partial charge is 0.398 e. The number of aromatic amines is 1. The molecule has 7 N–H and O–H groups in total. The lowest BCUT2D eigenvalue weighted by Gasteiger charge is -2.06. The van der Waals surface area contributed by atoms with Crippen molar-refractivity contribution in [2.75, 3.05) is 11.5 Å². The van der Waals surface area contributed by atoms with Crippen molar-refractivity contribution in [1.82, 2.24) is 9.97 Å². The lowest BCUT2D eigenvalue weighted by Crippen LogP contribution is -2.11. The normalized spacial score (nSPS) is 10.4. The number of carbonyl (C=O) groups excluding carboxylic acids is 1. The molecule has 7 nitrogen and oxygen atoms in total. The van der Waals surface area contributed by atoms with E-state index in [1.54, 1.807) is 12.1 Å². The number of carbonyl (C=O) groups is 1. The highest BCUT2D eigenvalue weighted by Gasteiger charge is 2.07. The third-order valence-electron chi connectivity index (χ3n) is 2.53. The van der Waals surface area contributed by atoms with Gasteiger partial charge in [-0.05, 0) is 17.7 Å². The summed E-state index contributed by atoms with van der Waals surface area (Å²) in [6, 6.07) is 6.05. The summed E-state index contributed by atoms with van der Waals surface area (Å²) in [5, 5.41) is 0.411. The van der Waals surface area contributed by atoms with Gasteiger partial charge in [-0.25, -0.2) is 4.98 Å². The van der Waals surface area contributed by atoms with Crippen LogP contribution in [0.4, 0.5) is 11.5 Å². The number of anilines is 2. The first kappa shape index (κ1) is 13.9. The molecule has 1 amide bonds. The van der Waals surface area contributed by atoms with Crippen molar-refractivity contribution < 1.29 is 4.79 Å². The van der Waals surface area contributed by atoms with Gasteiger partial charge in [-0.1, -0.05) is 17.8 Å². The summed E-state index contributed by atoms with van der Waals surface area (Å²) in [7, 11) is 0. The summed E-state index contributed by atoms with van der Waals surface area (Å²) in [5.41, 5.74) is 17.8. The average molecular weight is 291 g/mol. The molecule has 0 unspecified atom stereocenters. The molecule has 0 saturated heterocycles. The van der Waals surface area contributed by atoms with Crippen LogP contribution in [0.3, 0.4) is 0 Å². The molecular formula is C12H13N5O2S. The number of hydrogen-bond acceptors (Lipinski definition) is 6. The minimum absolute atomic E-state index is 0.160. The SMILES string of the molecule is NC(=O)c1ccc(CSc2nc(N)cc(=O)[nH]2)c(N)c1. The molecule has 104 valence electrons. The molecule has 1 aromatic heterocycles. The van der Waals surface area contributed by atoms with Gasteiger partial charge in [0.15, 0.2) is 5.16 Å². The summed E-state index contributed by atoms with van der Waals surface area (Å²) < 4.78 is 0. The van der Waals surface area contributed by atoms with Gasteiger partial charge in [0.2, 0.25) is 5.91 Å². The molecule has 0 bridgehead atoms. The monoisotopic (exact) mass is 291 g/mol. The summed E-state index contributed by atoms with van der Waals surface area (Å²) in [6.07, 6.45) is 0. The number of aromatic nitrogens is 2. The zero-order valence-electron chi connectivity index (χ0n) is 10.4. The Hall–Kier alpha value is -2.48. The predicted octanol–water partition coefficient (Wildman–Crippen LogP) is 0.325. The number of rotatable bonds is 4. The van der Waals surface area contributed by atoms with Gasteiger partial charge in [-0.15, -0.1) is 0 Å². The average Bonchev–Trinajstić information content (AvgIpc) is 2.36. The van der Waals surface area contributed by atoms with E-state index in [1.807, 2.05) is 0 Å². The van der Waals surface area contributed by atoms with Crippen molar-refractivity contribution in [3.05, 3.63) is 45.7 Å². The van der Waals surface area contributed by atoms with E-state index >= 15 is 0 Å². The summed E-state index contributed by atoms with van der Waals surface area (Å²) in [6.45, 7) is 0. The Morgan fingerprint density at radius 3 is 2.65 bits per heavy atom. The second kappa shape index (κ2) is 5.66. The molecular weight excluding hydrogens is 278 g/mol. The highest BCUT2D eigenvalue weighted by molar-refractivity contribution is 7.98. The lowest BCUT2D eigenvalue weighted by atomic mass is 10.1. The molecule has 20 heavy (non-hydrogen) atoms. The molecule has 8 heteroatoms. The zero-order valence-corrected chi connectivity index (χ0v) is 11.2. The minimum atomic E-state index is -0.530. The van der Waals surface area contributed by atoms with Crippen LogP contribution in [0.5, 0.6) is 0 Å². The predicted molar refractivity (Wildman–Crippen MR) is 78.2 cm³/mol. The lowest BCUT2D eigenvalue weighted by molar-refractivity contribution is 0.100. The maximum Gasteiger partial charge on any atom is 0.253 e. The third kappa shape index (κ3) is 3.29. The van der Waals surface area contributed by atoms with Crippen LogP contribution >= 0.6 is 11.8 Å². The van der Waals surface area contributed by atoms with Gasteiger partial charge in [0.25, 0.3) is 5.56 Å². The zero-order chi connectivity index (χ0) is 14.7. The molecule has 0 fully saturated rings. The van der Waals surface area contributed by atoms with Crippen LogP contribution < -0.4 is 22.8 Å². The Bertz CT molecular complexity index is 713. The van der Waals surface area contributed by atoms with E-state index in [-0.39, 0.29) is 11.4 Å². The summed E-state index contributed by atoms with van der Waals surface area (Å²) in [5.74, 6) is 0.114. The van der Waals surface area contributed by atoms with Crippen molar-refractivity contribution in [2.45, 2.75) is 10.9 Å². The number of benzene rings is 1. The van der Waals surface area contributed by atoms with E-state index in [1.165, 1.54) is 23.9 Å². The van der Waals surface area contributed by atoms with Crippen LogP contribution in [0.1, 0.15) is 15.9 Å². The highest BCUT2D eigenvalue weighted by atomic mass is 32.2. The Morgan fingerprint density at radius 1 is 1.30 bits per heavy atom. The number of amides is 1. The quantitative estimate of drug-likeness (QED) is 0.363. The Kier molecular flexibility index (Phi) is 3.94. The van der Waals surface area contributed by atoms with E-state index in [4.69, 9.17) is 17.2 Å². The maximum absolute atomic E-state index is 11.2. The number of primary amides is 1. The van der Waals surface area contributed by atoms with Crippen molar-refractivity contribution >= 4 is 29.2 Å². The van der Waals surface area contributed by atoms with Crippen molar-refractivity contribution in [1.29, 1.82) is 0 Å². The first-order chi connectivity index (χ1) is 9.45. The number of nitrogens with two attached hydrogens (primary N) is 3. The minimum Gasteiger partial charge on any atom is -0.398 e. The van der Waals surface area contributed by atoms with E-state index in [0.29, 0.717) is 22.2 Å². The molecule has 2 aromatic rings. The van der Waals surface area contributed by atoms with Crippen LogP contribution in [0.25, 0.3) is 0 Å². The third-order valence-corrected chi connectivity index (χ3v) is 3.46. The van der Waals surface area contributed by atoms with Crippen LogP contribution in [0, 0.1) is 0 Å². The fourth-order valence-corrected chi connectivity index (χ4v) is 2.45. The molecule has 0 aliphatic rings. The van der Waals surface area contributed by atoms with E-state index in [9.17, 15) is 9.59 Å². The number of nitrogens with zero attached hydrogens (tertiary/aromatic N) is 1. The second-order valence-corrected chi connectivity index (χ2v) is 5.01. The van der Waals surface area contributed by atoms with Gasteiger partial charge in [0.05, 0.1) is 0 Å². The Morgan fingerprint density at radius 2 is 2.05 bits per heavy atom. The van der Waals surface area contributed by atoms with Crippen molar-refractivity contribution in [3.63, 3.8) is 0 Å². The van der Waals surface area contributed by atoms with Crippen LogP contribution in [0.2, 0.25) is 0 Å². The Balaban J connectivity index is 2.14. The second-order valence-electron chi connectivity index (χ2n) is 4.04. The molecule has 0 spiro atoms. The van der Waals surface area contributed by atoms with Gasteiger partial charge in [0, 0.05) is 23.1 Å². The molecule has 0 aliphatic heterocycles. The van der Waals surface area contributed by atoms with Gasteiger partial charge in [-0.2, -0.15) is 0 Å². The van der Waals surface area contributed by atoms with Crippen molar-refractivity contribution in [3.8, 4) is 0 Å². The molecule has 0 saturated carbocycles. The Labute approximate surface area is 118 Å². The van der Waals surface area contributed by atoms with Gasteiger partial charge < -0.3 is 22.2 Å². The van der Waals surface area contributed by atoms with Gasteiger partial charge >= 0.3 is 0 Å². The topological polar surface area (TPSA) is 141 Å². The number of nitrogens with one attached hydrogen (secondary N) is 1. The highest BCUT2D eigenvalue weighted by Crippen LogP contribution is 2.23. The molecule has 0 aliphatic carbocycles. The maximum atomic E-state index is 11.2. The fraction of sp³-hybridized carbons (Fsp3) is 0.0833. The van der Waals surface area contributed by atoms with Crippen molar-refractivity contribution in [2.24, 2.45) is 5.73 Å². The fourth-order valence-electron chi connectivity index (χ4n) is 1.55. The number of hydrogen-bond donors (Lipinski definition) is 4. The van der Waals surface area contributed by atoms with E-state index < -0.39 is 5.91 Å². The number of thioether (sulfide) groups is 1. The number of H-pyrrole nitrogens is 1. The standard InChI is InChI=1S/C12H13N5O2S/c13-8-3-6(11(15)19)1-2-7(8)5-20-12-16-9(14)4-10(18)17-12/h1-4H,5,13H2,(H2,15,19)(H3,14,16,17,18). The molecule has 0 atom stereocenters. The first-order valence-corrected chi connectivity index (χ1v) is 6.62. The van der Waals surface area contributed by atoms with Gasteiger partial charge in [0.1, 0.15) is 5.82 Å². The molecule has 2 rings (SSSR count). The molecule has 0 radical (unpaired) electrons. The van der Waals surface area contributed by atoms with Crippen LogP contribution in [0.15, 0.2) is 34.2 Å². The molecule has 1 heterocycles. The first-order valence-electron chi connectivity index (χ1n) is 5.63. The van der Waals surface area contributed by atoms with Gasteiger partial charge in [-0.3, -0.25) is 9.59 Å². The molecule has 1 aromatic carbocycles. The summed E-state index contributed by atoms with van der Waals surface area (Å²) in [4.78, 5) is 28.8. The van der Waals surface area contributed by atoms with Crippen LogP contribution in [-0.2, 0) is 5.75 Å².